The Morgan fingerprint density at radius 3 is 2.90 bits per heavy atom. The van der Waals surface area contributed by atoms with Crippen LogP contribution in [0.15, 0.2) is 42.7 Å². The topological polar surface area (TPSA) is 102 Å². The van der Waals surface area contributed by atoms with Crippen LogP contribution in [0.25, 0.3) is 17.2 Å². The zero-order valence-electron chi connectivity index (χ0n) is 16.1. The molecule has 1 aliphatic rings. The highest BCUT2D eigenvalue weighted by Crippen LogP contribution is 2.25. The van der Waals surface area contributed by atoms with E-state index in [1.54, 1.807) is 15.5 Å². The van der Waals surface area contributed by atoms with Gasteiger partial charge in [-0.2, -0.15) is 0 Å². The van der Waals surface area contributed by atoms with Crippen LogP contribution in [0.1, 0.15) is 26.2 Å². The second kappa shape index (κ2) is 8.26. The van der Waals surface area contributed by atoms with Crippen molar-refractivity contribution in [2.45, 2.75) is 32.3 Å². The maximum Gasteiger partial charge on any atom is 0.414 e. The highest BCUT2D eigenvalue weighted by molar-refractivity contribution is 5.90. The maximum atomic E-state index is 12.2. The summed E-state index contributed by atoms with van der Waals surface area (Å²) in [6.45, 7) is 2.75. The number of amides is 2. The Balaban J connectivity index is 1.41. The van der Waals surface area contributed by atoms with Gasteiger partial charge in [-0.25, -0.2) is 9.78 Å². The average molecular weight is 394 g/mol. The SMILES string of the molecule is CCCCC(=O)NC[C@H]1CN(c2ccc(-c3nnc4ncccn34)cc2)C(=O)O1. The summed E-state index contributed by atoms with van der Waals surface area (Å²) in [6.07, 6.45) is 5.06. The van der Waals surface area contributed by atoms with Gasteiger partial charge in [0.25, 0.3) is 5.78 Å². The van der Waals surface area contributed by atoms with E-state index < -0.39 is 6.09 Å². The average Bonchev–Trinajstić information content (AvgIpc) is 3.34. The Hall–Kier alpha value is -3.49. The molecule has 3 heterocycles. The molecule has 0 bridgehead atoms. The molecule has 1 atom stereocenters. The molecule has 0 saturated carbocycles. The van der Waals surface area contributed by atoms with Crippen LogP contribution >= 0.6 is 0 Å². The number of rotatable bonds is 7. The third-order valence-corrected chi connectivity index (χ3v) is 4.78. The van der Waals surface area contributed by atoms with Gasteiger partial charge in [-0.15, -0.1) is 10.2 Å². The fourth-order valence-corrected chi connectivity index (χ4v) is 3.22. The smallest absolute Gasteiger partial charge is 0.414 e. The van der Waals surface area contributed by atoms with E-state index in [1.165, 1.54) is 0 Å². The number of unbranched alkanes of at least 4 members (excludes halogenated alkanes) is 1. The molecule has 0 aliphatic carbocycles. The summed E-state index contributed by atoms with van der Waals surface area (Å²) in [5, 5.41) is 11.1. The molecule has 0 spiro atoms. The molecule has 1 saturated heterocycles. The molecule has 9 heteroatoms. The summed E-state index contributed by atoms with van der Waals surface area (Å²) in [5.41, 5.74) is 1.59. The Morgan fingerprint density at radius 2 is 2.10 bits per heavy atom. The van der Waals surface area contributed by atoms with Crippen molar-refractivity contribution in [1.29, 1.82) is 0 Å². The van der Waals surface area contributed by atoms with Gasteiger partial charge in [0.05, 0.1) is 13.1 Å². The Labute approximate surface area is 167 Å². The number of cyclic esters (lactones) is 1. The van der Waals surface area contributed by atoms with Gasteiger partial charge in [-0.1, -0.05) is 13.3 Å². The molecule has 3 aromatic rings. The predicted molar refractivity (Wildman–Crippen MR) is 106 cm³/mol. The van der Waals surface area contributed by atoms with Crippen LogP contribution in [-0.4, -0.2) is 50.8 Å². The summed E-state index contributed by atoms with van der Waals surface area (Å²) < 4.78 is 7.18. The van der Waals surface area contributed by atoms with Crippen LogP contribution in [0.4, 0.5) is 10.5 Å². The number of nitrogens with one attached hydrogen (secondary N) is 1. The molecule has 2 amide bonds. The number of carbonyl (C=O) groups is 2. The zero-order chi connectivity index (χ0) is 20.2. The van der Waals surface area contributed by atoms with Crippen molar-refractivity contribution >= 4 is 23.5 Å². The Morgan fingerprint density at radius 1 is 1.28 bits per heavy atom. The number of fused-ring (bicyclic) bond motifs is 1. The van der Waals surface area contributed by atoms with E-state index in [9.17, 15) is 9.59 Å². The molecule has 1 aliphatic heterocycles. The molecule has 4 rings (SSSR count). The Kier molecular flexibility index (Phi) is 5.37. The van der Waals surface area contributed by atoms with Crippen molar-refractivity contribution in [3.63, 3.8) is 0 Å². The zero-order valence-corrected chi connectivity index (χ0v) is 16.1. The molecule has 150 valence electrons. The fourth-order valence-electron chi connectivity index (χ4n) is 3.22. The Bertz CT molecular complexity index is 1020. The second-order valence-corrected chi connectivity index (χ2v) is 6.88. The lowest BCUT2D eigenvalue weighted by molar-refractivity contribution is -0.121. The third kappa shape index (κ3) is 4.03. The molecule has 1 aromatic carbocycles. The van der Waals surface area contributed by atoms with Gasteiger partial charge in [-0.05, 0) is 36.8 Å². The molecule has 1 N–H and O–H groups in total. The molecule has 1 fully saturated rings. The van der Waals surface area contributed by atoms with Gasteiger partial charge in [0.15, 0.2) is 5.82 Å². The van der Waals surface area contributed by atoms with E-state index in [2.05, 4.69) is 20.5 Å². The van der Waals surface area contributed by atoms with E-state index in [1.807, 2.05) is 43.5 Å². The minimum Gasteiger partial charge on any atom is -0.442 e. The van der Waals surface area contributed by atoms with Gasteiger partial charge in [-0.3, -0.25) is 14.1 Å². The quantitative estimate of drug-likeness (QED) is 0.660. The van der Waals surface area contributed by atoms with Crippen LogP contribution in [-0.2, 0) is 9.53 Å². The van der Waals surface area contributed by atoms with Crippen molar-refractivity contribution in [2.24, 2.45) is 0 Å². The van der Waals surface area contributed by atoms with Gasteiger partial charge < -0.3 is 10.1 Å². The van der Waals surface area contributed by atoms with Crippen LogP contribution in [0.5, 0.6) is 0 Å². The van der Waals surface area contributed by atoms with E-state index in [-0.39, 0.29) is 12.0 Å². The summed E-state index contributed by atoms with van der Waals surface area (Å²) in [4.78, 5) is 29.7. The van der Waals surface area contributed by atoms with Crippen LogP contribution in [0.3, 0.4) is 0 Å². The first-order valence-electron chi connectivity index (χ1n) is 9.66. The largest absolute Gasteiger partial charge is 0.442 e. The van der Waals surface area contributed by atoms with Crippen LogP contribution in [0.2, 0.25) is 0 Å². The summed E-state index contributed by atoms with van der Waals surface area (Å²) >= 11 is 0. The van der Waals surface area contributed by atoms with E-state index in [4.69, 9.17) is 4.74 Å². The summed E-state index contributed by atoms with van der Waals surface area (Å²) in [6, 6.07) is 9.26. The number of anilines is 1. The molecule has 0 unspecified atom stereocenters. The number of hydrogen-bond donors (Lipinski definition) is 1. The normalized spacial score (nSPS) is 16.2. The lowest BCUT2D eigenvalue weighted by atomic mass is 10.2. The lowest BCUT2D eigenvalue weighted by Gasteiger charge is -2.13. The van der Waals surface area contributed by atoms with E-state index in [0.717, 1.165) is 24.1 Å². The van der Waals surface area contributed by atoms with Crippen molar-refractivity contribution in [3.8, 4) is 11.4 Å². The van der Waals surface area contributed by atoms with Crippen LogP contribution < -0.4 is 10.2 Å². The molecule has 2 aromatic heterocycles. The highest BCUT2D eigenvalue weighted by Gasteiger charge is 2.32. The third-order valence-electron chi connectivity index (χ3n) is 4.78. The summed E-state index contributed by atoms with van der Waals surface area (Å²) in [5.74, 6) is 1.19. The molecule has 9 nitrogen and oxygen atoms in total. The maximum absolute atomic E-state index is 12.2. The number of aromatic nitrogens is 4. The van der Waals surface area contributed by atoms with E-state index >= 15 is 0 Å². The van der Waals surface area contributed by atoms with Crippen molar-refractivity contribution < 1.29 is 14.3 Å². The molecular formula is C20H22N6O3. The monoisotopic (exact) mass is 394 g/mol. The van der Waals surface area contributed by atoms with Gasteiger partial charge >= 0.3 is 6.09 Å². The van der Waals surface area contributed by atoms with Crippen molar-refractivity contribution in [3.05, 3.63) is 42.7 Å². The fraction of sp³-hybridized carbons (Fsp3) is 0.350. The van der Waals surface area contributed by atoms with Crippen LogP contribution in [0, 0.1) is 0 Å². The number of ether oxygens (including phenoxy) is 1. The standard InChI is InChI=1S/C20H22N6O3/c1-2-3-5-17(27)22-12-16-13-26(20(28)29-16)15-8-6-14(7-9-15)18-23-24-19-21-10-4-11-25(18)19/h4,6-11,16H,2-3,5,12-13H2,1H3,(H,22,27)/t16-/m0/s1. The molecular weight excluding hydrogens is 372 g/mol. The summed E-state index contributed by atoms with van der Waals surface area (Å²) in [7, 11) is 0. The van der Waals surface area contributed by atoms with Gasteiger partial charge in [0, 0.05) is 30.1 Å². The highest BCUT2D eigenvalue weighted by atomic mass is 16.6. The first-order valence-corrected chi connectivity index (χ1v) is 9.66. The van der Waals surface area contributed by atoms with Crippen molar-refractivity contribution in [2.75, 3.05) is 18.0 Å². The first-order chi connectivity index (χ1) is 14.2. The van der Waals surface area contributed by atoms with Gasteiger partial charge in [0.1, 0.15) is 6.10 Å². The van der Waals surface area contributed by atoms with Crippen molar-refractivity contribution in [1.82, 2.24) is 24.9 Å². The number of nitrogens with zero attached hydrogens (tertiary/aromatic N) is 5. The second-order valence-electron chi connectivity index (χ2n) is 6.88. The predicted octanol–water partition coefficient (Wildman–Crippen LogP) is 2.42. The first kappa shape index (κ1) is 18.9. The number of carbonyl (C=O) groups excluding carboxylic acids is 2. The van der Waals surface area contributed by atoms with Gasteiger partial charge in [0.2, 0.25) is 5.91 Å². The number of hydrogen-bond acceptors (Lipinski definition) is 6. The minimum absolute atomic E-state index is 0.0132. The molecule has 29 heavy (non-hydrogen) atoms. The minimum atomic E-state index is -0.414. The number of benzene rings is 1. The van der Waals surface area contributed by atoms with E-state index in [0.29, 0.717) is 31.1 Å². The lowest BCUT2D eigenvalue weighted by Crippen LogP contribution is -2.34. The molecule has 0 radical (unpaired) electrons.